The normalized spacial score (nSPS) is 11.4. The number of anilines is 2. The molecule has 0 aromatic heterocycles. The Kier molecular flexibility index (Phi) is 6.77. The van der Waals surface area contributed by atoms with Crippen molar-refractivity contribution in [2.24, 2.45) is 0 Å². The number of benzene rings is 3. The monoisotopic (exact) mass is 437 g/mol. The molecule has 0 aliphatic heterocycles. The van der Waals surface area contributed by atoms with Gasteiger partial charge in [-0.15, -0.1) is 0 Å². The van der Waals surface area contributed by atoms with Crippen molar-refractivity contribution in [3.05, 3.63) is 78.4 Å². The van der Waals surface area contributed by atoms with Crippen molar-refractivity contribution < 1.29 is 13.2 Å². The van der Waals surface area contributed by atoms with Crippen LogP contribution in [0.2, 0.25) is 0 Å². The number of nitrogens with zero attached hydrogens (tertiary/aromatic N) is 2. The molecule has 6 nitrogen and oxygen atoms in total. The molecular formula is C24H27N3O3S. The highest BCUT2D eigenvalue weighted by Crippen LogP contribution is 2.29. The van der Waals surface area contributed by atoms with Gasteiger partial charge in [-0.25, -0.2) is 12.7 Å². The summed E-state index contributed by atoms with van der Waals surface area (Å²) in [6.07, 6.45) is 0.187. The summed E-state index contributed by atoms with van der Waals surface area (Å²) in [6, 6.07) is 22.6. The molecule has 3 aromatic carbocycles. The lowest BCUT2D eigenvalue weighted by Gasteiger charge is -2.20. The fourth-order valence-corrected chi connectivity index (χ4v) is 4.13. The van der Waals surface area contributed by atoms with E-state index in [0.717, 1.165) is 26.7 Å². The Morgan fingerprint density at radius 1 is 0.839 bits per heavy atom. The molecule has 0 atom stereocenters. The number of hydrogen-bond acceptors (Lipinski definition) is 4. The van der Waals surface area contributed by atoms with Crippen molar-refractivity contribution in [3.8, 4) is 11.1 Å². The van der Waals surface area contributed by atoms with E-state index < -0.39 is 10.0 Å². The van der Waals surface area contributed by atoms with Crippen LogP contribution >= 0.6 is 0 Å². The van der Waals surface area contributed by atoms with Crippen LogP contribution in [0, 0.1) is 0 Å². The van der Waals surface area contributed by atoms with Crippen molar-refractivity contribution >= 4 is 27.3 Å². The molecule has 3 rings (SSSR count). The molecule has 0 saturated heterocycles. The first-order valence-electron chi connectivity index (χ1n) is 9.86. The molecule has 162 valence electrons. The molecular weight excluding hydrogens is 410 g/mol. The third kappa shape index (κ3) is 5.31. The maximum Gasteiger partial charge on any atom is 0.242 e. The van der Waals surface area contributed by atoms with Crippen LogP contribution in [0.4, 0.5) is 11.4 Å². The Hall–Kier alpha value is -3.16. The van der Waals surface area contributed by atoms with Crippen LogP contribution in [0.1, 0.15) is 5.56 Å². The fourth-order valence-electron chi connectivity index (χ4n) is 3.20. The van der Waals surface area contributed by atoms with Gasteiger partial charge in [0.1, 0.15) is 0 Å². The second-order valence-corrected chi connectivity index (χ2v) is 9.80. The Morgan fingerprint density at radius 3 is 2.03 bits per heavy atom. The summed E-state index contributed by atoms with van der Waals surface area (Å²) in [6.45, 7) is 0. The number of rotatable bonds is 7. The van der Waals surface area contributed by atoms with Crippen LogP contribution in [-0.2, 0) is 21.2 Å². The van der Waals surface area contributed by atoms with Gasteiger partial charge in [0, 0.05) is 28.2 Å². The molecule has 0 aliphatic rings. The second-order valence-electron chi connectivity index (χ2n) is 7.65. The first-order chi connectivity index (χ1) is 14.7. The van der Waals surface area contributed by atoms with Crippen LogP contribution in [0.3, 0.4) is 0 Å². The van der Waals surface area contributed by atoms with Crippen LogP contribution < -0.4 is 10.2 Å². The Morgan fingerprint density at radius 2 is 1.45 bits per heavy atom. The van der Waals surface area contributed by atoms with Crippen molar-refractivity contribution in [2.45, 2.75) is 11.3 Å². The van der Waals surface area contributed by atoms with Gasteiger partial charge in [-0.1, -0.05) is 54.6 Å². The molecule has 0 unspecified atom stereocenters. The molecule has 1 amide bonds. The highest BCUT2D eigenvalue weighted by Gasteiger charge is 2.20. The molecule has 1 N–H and O–H groups in total. The molecule has 3 aromatic rings. The molecule has 0 spiro atoms. The van der Waals surface area contributed by atoms with E-state index in [1.54, 1.807) is 12.1 Å². The minimum Gasteiger partial charge on any atom is -0.376 e. The van der Waals surface area contributed by atoms with E-state index in [-0.39, 0.29) is 17.2 Å². The van der Waals surface area contributed by atoms with Crippen LogP contribution in [0.5, 0.6) is 0 Å². The number of carbonyl (C=O) groups excluding carboxylic acids is 1. The van der Waals surface area contributed by atoms with E-state index >= 15 is 0 Å². The number of sulfonamides is 1. The van der Waals surface area contributed by atoms with Gasteiger partial charge >= 0.3 is 0 Å². The van der Waals surface area contributed by atoms with Gasteiger partial charge in [-0.05, 0) is 34.9 Å². The fraction of sp³-hybridized carbons (Fsp3) is 0.208. The summed E-state index contributed by atoms with van der Waals surface area (Å²) >= 11 is 0. The SMILES string of the molecule is CN(C)c1ccc(S(=O)(=O)N(C)C)cc1NC(=O)Cc1ccc(-c2ccccc2)cc1. The lowest BCUT2D eigenvalue weighted by molar-refractivity contribution is -0.115. The van der Waals surface area contributed by atoms with Gasteiger partial charge in [0.05, 0.1) is 22.7 Å². The molecule has 0 bridgehead atoms. The van der Waals surface area contributed by atoms with Crippen molar-refractivity contribution in [1.29, 1.82) is 0 Å². The highest BCUT2D eigenvalue weighted by molar-refractivity contribution is 7.89. The molecule has 0 saturated carbocycles. The van der Waals surface area contributed by atoms with Crippen LogP contribution in [-0.4, -0.2) is 46.8 Å². The van der Waals surface area contributed by atoms with Gasteiger partial charge < -0.3 is 10.2 Å². The zero-order valence-corrected chi connectivity index (χ0v) is 19.0. The largest absolute Gasteiger partial charge is 0.376 e. The molecule has 0 heterocycles. The molecule has 7 heteroatoms. The predicted molar refractivity (Wildman–Crippen MR) is 126 cm³/mol. The highest BCUT2D eigenvalue weighted by atomic mass is 32.2. The zero-order chi connectivity index (χ0) is 22.6. The number of carbonyl (C=O) groups is 1. The summed E-state index contributed by atoms with van der Waals surface area (Å²) in [5.41, 5.74) is 4.26. The Balaban J connectivity index is 1.79. The van der Waals surface area contributed by atoms with Gasteiger partial charge in [0.2, 0.25) is 15.9 Å². The first-order valence-corrected chi connectivity index (χ1v) is 11.3. The summed E-state index contributed by atoms with van der Waals surface area (Å²) in [5.74, 6) is -0.213. The Labute approximate surface area is 184 Å². The van der Waals surface area contributed by atoms with E-state index in [4.69, 9.17) is 0 Å². The third-order valence-electron chi connectivity index (χ3n) is 4.93. The minimum atomic E-state index is -3.60. The average molecular weight is 438 g/mol. The standard InChI is InChI=1S/C24H27N3O3S/c1-26(2)23-15-14-21(31(29,30)27(3)4)17-22(23)25-24(28)16-18-10-12-20(13-11-18)19-8-6-5-7-9-19/h5-15,17H,16H2,1-4H3,(H,25,28). The number of hydrogen-bond donors (Lipinski definition) is 1. The third-order valence-corrected chi connectivity index (χ3v) is 6.74. The quantitative estimate of drug-likeness (QED) is 0.610. The molecule has 0 aliphatic carbocycles. The summed E-state index contributed by atoms with van der Waals surface area (Å²) in [4.78, 5) is 14.7. The van der Waals surface area contributed by atoms with Gasteiger partial charge in [0.15, 0.2) is 0 Å². The second kappa shape index (κ2) is 9.32. The maximum atomic E-state index is 12.7. The minimum absolute atomic E-state index is 0.130. The topological polar surface area (TPSA) is 69.7 Å². The average Bonchev–Trinajstić information content (AvgIpc) is 2.74. The molecule has 31 heavy (non-hydrogen) atoms. The zero-order valence-electron chi connectivity index (χ0n) is 18.2. The van der Waals surface area contributed by atoms with E-state index in [1.807, 2.05) is 73.6 Å². The van der Waals surface area contributed by atoms with E-state index in [9.17, 15) is 13.2 Å². The smallest absolute Gasteiger partial charge is 0.242 e. The van der Waals surface area contributed by atoms with Gasteiger partial charge in [0.25, 0.3) is 0 Å². The van der Waals surface area contributed by atoms with Gasteiger partial charge in [-0.2, -0.15) is 0 Å². The van der Waals surface area contributed by atoms with E-state index in [0.29, 0.717) is 5.69 Å². The van der Waals surface area contributed by atoms with E-state index in [2.05, 4.69) is 5.32 Å². The van der Waals surface area contributed by atoms with Gasteiger partial charge in [-0.3, -0.25) is 4.79 Å². The predicted octanol–water partition coefficient (Wildman–Crippen LogP) is 3.85. The van der Waals surface area contributed by atoms with Crippen LogP contribution in [0.25, 0.3) is 11.1 Å². The van der Waals surface area contributed by atoms with Crippen LogP contribution in [0.15, 0.2) is 77.7 Å². The summed E-state index contributed by atoms with van der Waals surface area (Å²) in [7, 11) is 3.03. The summed E-state index contributed by atoms with van der Waals surface area (Å²) in [5, 5.41) is 2.87. The first kappa shape index (κ1) is 22.5. The van der Waals surface area contributed by atoms with Crippen molar-refractivity contribution in [2.75, 3.05) is 38.4 Å². The number of amides is 1. The lowest BCUT2D eigenvalue weighted by atomic mass is 10.0. The van der Waals surface area contributed by atoms with Crippen molar-refractivity contribution in [3.63, 3.8) is 0 Å². The van der Waals surface area contributed by atoms with E-state index in [1.165, 1.54) is 20.2 Å². The Bertz CT molecular complexity index is 1160. The molecule has 0 radical (unpaired) electrons. The summed E-state index contributed by atoms with van der Waals surface area (Å²) < 4.78 is 26.1. The molecule has 0 fully saturated rings. The maximum absolute atomic E-state index is 12.7. The number of nitrogens with one attached hydrogen (secondary N) is 1. The lowest BCUT2D eigenvalue weighted by Crippen LogP contribution is -2.23. The van der Waals surface area contributed by atoms with Crippen molar-refractivity contribution in [1.82, 2.24) is 4.31 Å².